The van der Waals surface area contributed by atoms with E-state index in [0.717, 1.165) is 15.6 Å². The van der Waals surface area contributed by atoms with Crippen LogP contribution in [0.5, 0.6) is 11.5 Å². The number of halogens is 1. The maximum Gasteiger partial charge on any atom is 0.165 e. The summed E-state index contributed by atoms with van der Waals surface area (Å²) in [6.07, 6.45) is 0. The van der Waals surface area contributed by atoms with Gasteiger partial charge in [-0.2, -0.15) is 0 Å². The Morgan fingerprint density at radius 1 is 1.00 bits per heavy atom. The summed E-state index contributed by atoms with van der Waals surface area (Å²) in [6.45, 7) is 0. The lowest BCUT2D eigenvalue weighted by atomic mass is 10.0. The van der Waals surface area contributed by atoms with Crippen LogP contribution >= 0.6 is 15.9 Å². The Labute approximate surface area is 103 Å². The Balaban J connectivity index is 2.61. The van der Waals surface area contributed by atoms with Crippen LogP contribution in [-0.2, 0) is 0 Å². The molecule has 2 aromatic rings. The highest BCUT2D eigenvalue weighted by Crippen LogP contribution is 2.39. The summed E-state index contributed by atoms with van der Waals surface area (Å²) in [7, 11) is 1.54. The van der Waals surface area contributed by atoms with Crippen molar-refractivity contribution in [3.8, 4) is 22.6 Å². The monoisotopic (exact) mass is 278 g/mol. The number of ether oxygens (including phenoxy) is 1. The number of hydrogen-bond donors (Lipinski definition) is 1. The first-order valence-electron chi connectivity index (χ1n) is 4.85. The first kappa shape index (κ1) is 11.0. The Morgan fingerprint density at radius 3 is 2.38 bits per heavy atom. The molecule has 0 unspecified atom stereocenters. The molecule has 3 heteroatoms. The molecule has 0 radical (unpaired) electrons. The van der Waals surface area contributed by atoms with Gasteiger partial charge >= 0.3 is 0 Å². The fourth-order valence-electron chi connectivity index (χ4n) is 1.58. The van der Waals surface area contributed by atoms with Gasteiger partial charge in [-0.05, 0) is 17.7 Å². The highest BCUT2D eigenvalue weighted by Gasteiger charge is 2.10. The van der Waals surface area contributed by atoms with E-state index in [9.17, 15) is 5.11 Å². The van der Waals surface area contributed by atoms with Crippen LogP contribution in [0.3, 0.4) is 0 Å². The van der Waals surface area contributed by atoms with E-state index in [1.165, 1.54) is 0 Å². The topological polar surface area (TPSA) is 29.5 Å². The molecule has 2 nitrogen and oxygen atoms in total. The molecule has 2 aromatic carbocycles. The second-order valence-electron chi connectivity index (χ2n) is 3.34. The van der Waals surface area contributed by atoms with Crippen molar-refractivity contribution in [3.05, 3.63) is 46.9 Å². The molecule has 0 spiro atoms. The number of phenolic OH excluding ortho intramolecular Hbond substituents is 1. The van der Waals surface area contributed by atoms with Crippen LogP contribution in [0.2, 0.25) is 0 Å². The highest BCUT2D eigenvalue weighted by molar-refractivity contribution is 9.10. The molecule has 0 aliphatic carbocycles. The van der Waals surface area contributed by atoms with Crippen LogP contribution < -0.4 is 4.74 Å². The number of para-hydroxylation sites is 1. The average Bonchev–Trinajstić information content (AvgIpc) is 2.31. The molecule has 0 fully saturated rings. The molecular weight excluding hydrogens is 268 g/mol. The molecule has 16 heavy (non-hydrogen) atoms. The minimum Gasteiger partial charge on any atom is -0.504 e. The molecule has 82 valence electrons. The van der Waals surface area contributed by atoms with Gasteiger partial charge in [0, 0.05) is 10.0 Å². The van der Waals surface area contributed by atoms with Crippen LogP contribution in [-0.4, -0.2) is 12.2 Å². The van der Waals surface area contributed by atoms with Gasteiger partial charge in [-0.25, -0.2) is 0 Å². The zero-order valence-electron chi connectivity index (χ0n) is 8.77. The van der Waals surface area contributed by atoms with Crippen molar-refractivity contribution in [2.75, 3.05) is 7.11 Å². The summed E-state index contributed by atoms with van der Waals surface area (Å²) < 4.78 is 6.02. The Kier molecular flexibility index (Phi) is 3.15. The molecule has 0 heterocycles. The summed E-state index contributed by atoms with van der Waals surface area (Å²) in [4.78, 5) is 0. The van der Waals surface area contributed by atoms with E-state index in [-0.39, 0.29) is 5.75 Å². The SMILES string of the molecule is COc1cccc(-c2ccccc2Br)c1O. The molecule has 0 amide bonds. The quantitative estimate of drug-likeness (QED) is 0.905. The van der Waals surface area contributed by atoms with Crippen molar-refractivity contribution in [1.82, 2.24) is 0 Å². The van der Waals surface area contributed by atoms with E-state index in [1.807, 2.05) is 36.4 Å². The molecule has 0 saturated carbocycles. The van der Waals surface area contributed by atoms with Gasteiger partial charge in [-0.3, -0.25) is 0 Å². The van der Waals surface area contributed by atoms with Crippen molar-refractivity contribution >= 4 is 15.9 Å². The van der Waals surface area contributed by atoms with E-state index >= 15 is 0 Å². The Bertz CT molecular complexity index is 509. The maximum absolute atomic E-state index is 10.0. The number of methoxy groups -OCH3 is 1. The molecule has 0 saturated heterocycles. The summed E-state index contributed by atoms with van der Waals surface area (Å²) in [5, 5.41) is 10.0. The normalized spacial score (nSPS) is 10.1. The first-order valence-corrected chi connectivity index (χ1v) is 5.64. The lowest BCUT2D eigenvalue weighted by molar-refractivity contribution is 0.374. The minimum atomic E-state index is 0.164. The van der Waals surface area contributed by atoms with Crippen molar-refractivity contribution in [1.29, 1.82) is 0 Å². The number of hydrogen-bond acceptors (Lipinski definition) is 2. The van der Waals surface area contributed by atoms with Gasteiger partial charge in [0.2, 0.25) is 0 Å². The number of rotatable bonds is 2. The highest BCUT2D eigenvalue weighted by atomic mass is 79.9. The zero-order valence-corrected chi connectivity index (χ0v) is 10.4. The second kappa shape index (κ2) is 4.58. The fraction of sp³-hybridized carbons (Fsp3) is 0.0769. The van der Waals surface area contributed by atoms with Crippen molar-refractivity contribution in [2.24, 2.45) is 0 Å². The molecule has 0 aliphatic rings. The van der Waals surface area contributed by atoms with Crippen LogP contribution in [0.1, 0.15) is 0 Å². The van der Waals surface area contributed by atoms with Gasteiger partial charge < -0.3 is 9.84 Å². The molecule has 0 aromatic heterocycles. The zero-order chi connectivity index (χ0) is 11.5. The van der Waals surface area contributed by atoms with Crippen molar-refractivity contribution in [2.45, 2.75) is 0 Å². The van der Waals surface area contributed by atoms with Gasteiger partial charge in [0.15, 0.2) is 11.5 Å². The van der Waals surface area contributed by atoms with Gasteiger partial charge in [-0.1, -0.05) is 46.3 Å². The number of aromatic hydroxyl groups is 1. The third kappa shape index (κ3) is 1.91. The fourth-order valence-corrected chi connectivity index (χ4v) is 2.08. The predicted molar refractivity (Wildman–Crippen MR) is 67.8 cm³/mol. The second-order valence-corrected chi connectivity index (χ2v) is 4.19. The lowest BCUT2D eigenvalue weighted by Gasteiger charge is -2.10. The maximum atomic E-state index is 10.0. The molecule has 2 rings (SSSR count). The average molecular weight is 279 g/mol. The standard InChI is InChI=1S/C13H11BrO2/c1-16-12-8-4-6-10(13(12)15)9-5-2-3-7-11(9)14/h2-8,15H,1H3. The minimum absolute atomic E-state index is 0.164. The van der Waals surface area contributed by atoms with Gasteiger partial charge in [-0.15, -0.1) is 0 Å². The lowest BCUT2D eigenvalue weighted by Crippen LogP contribution is -1.86. The molecule has 0 aliphatic heterocycles. The Hall–Kier alpha value is -1.48. The van der Waals surface area contributed by atoms with E-state index in [0.29, 0.717) is 5.75 Å². The first-order chi connectivity index (χ1) is 7.74. The number of benzene rings is 2. The van der Waals surface area contributed by atoms with Gasteiger partial charge in [0.05, 0.1) is 7.11 Å². The van der Waals surface area contributed by atoms with Crippen LogP contribution in [0.15, 0.2) is 46.9 Å². The van der Waals surface area contributed by atoms with E-state index < -0.39 is 0 Å². The van der Waals surface area contributed by atoms with E-state index in [4.69, 9.17) is 4.74 Å². The summed E-state index contributed by atoms with van der Waals surface area (Å²) in [5.74, 6) is 0.644. The van der Waals surface area contributed by atoms with E-state index in [2.05, 4.69) is 15.9 Å². The predicted octanol–water partition coefficient (Wildman–Crippen LogP) is 3.83. The van der Waals surface area contributed by atoms with E-state index in [1.54, 1.807) is 13.2 Å². The van der Waals surface area contributed by atoms with Crippen LogP contribution in [0.4, 0.5) is 0 Å². The summed E-state index contributed by atoms with van der Waals surface area (Å²) >= 11 is 3.46. The third-order valence-corrected chi connectivity index (χ3v) is 3.07. The smallest absolute Gasteiger partial charge is 0.165 e. The largest absolute Gasteiger partial charge is 0.504 e. The summed E-state index contributed by atoms with van der Waals surface area (Å²) in [6, 6.07) is 13.2. The summed E-state index contributed by atoms with van der Waals surface area (Å²) in [5.41, 5.74) is 1.70. The van der Waals surface area contributed by atoms with Gasteiger partial charge in [0.25, 0.3) is 0 Å². The van der Waals surface area contributed by atoms with Crippen LogP contribution in [0, 0.1) is 0 Å². The molecule has 1 N–H and O–H groups in total. The van der Waals surface area contributed by atoms with Crippen molar-refractivity contribution < 1.29 is 9.84 Å². The van der Waals surface area contributed by atoms with Crippen molar-refractivity contribution in [3.63, 3.8) is 0 Å². The third-order valence-electron chi connectivity index (χ3n) is 2.38. The molecule has 0 atom stereocenters. The molecule has 0 bridgehead atoms. The van der Waals surface area contributed by atoms with Crippen LogP contribution in [0.25, 0.3) is 11.1 Å². The molecular formula is C13H11BrO2. The Morgan fingerprint density at radius 2 is 1.69 bits per heavy atom. The number of phenols is 1. The van der Waals surface area contributed by atoms with Gasteiger partial charge in [0.1, 0.15) is 0 Å².